The molecule has 0 saturated carbocycles. The molecule has 1 atom stereocenters. The predicted molar refractivity (Wildman–Crippen MR) is 340 cm³/mol. The number of hydrogen-bond acceptors (Lipinski definition) is 6. The van der Waals surface area contributed by atoms with E-state index in [0.29, 0.717) is 19.3 Å². The Balaban J connectivity index is 4.25. The van der Waals surface area contributed by atoms with Crippen LogP contribution in [0.15, 0.2) is 0 Å². The highest BCUT2D eigenvalue weighted by atomic mass is 16.6. The summed E-state index contributed by atoms with van der Waals surface area (Å²) in [4.78, 5) is 38.5. The average molecular weight is 1100 g/mol. The fourth-order valence-corrected chi connectivity index (χ4v) is 11.5. The first-order chi connectivity index (χ1) is 38.5. The molecule has 78 heavy (non-hydrogen) atoms. The lowest BCUT2D eigenvalue weighted by atomic mass is 10.0. The highest BCUT2D eigenvalue weighted by Gasteiger charge is 2.20. The van der Waals surface area contributed by atoms with E-state index in [-0.39, 0.29) is 31.1 Å². The maximum absolute atomic E-state index is 13.0. The molecule has 0 aliphatic rings. The minimum absolute atomic E-state index is 0.0599. The van der Waals surface area contributed by atoms with Gasteiger partial charge in [-0.15, -0.1) is 0 Å². The summed E-state index contributed by atoms with van der Waals surface area (Å²) in [5.74, 6) is -0.816. The summed E-state index contributed by atoms with van der Waals surface area (Å²) in [5.41, 5.74) is 0. The van der Waals surface area contributed by atoms with E-state index in [4.69, 9.17) is 14.2 Å². The number of unbranched alkanes of at least 4 members (excludes halogenated alkanes) is 57. The zero-order valence-electron chi connectivity index (χ0n) is 53.5. The lowest BCUT2D eigenvalue weighted by molar-refractivity contribution is -0.167. The van der Waals surface area contributed by atoms with E-state index in [1.54, 1.807) is 0 Å². The molecule has 0 aromatic carbocycles. The topological polar surface area (TPSA) is 78.9 Å². The molecule has 0 heterocycles. The van der Waals surface area contributed by atoms with E-state index in [2.05, 4.69) is 20.8 Å². The van der Waals surface area contributed by atoms with Gasteiger partial charge in [-0.25, -0.2) is 0 Å². The van der Waals surface area contributed by atoms with Crippen LogP contribution >= 0.6 is 0 Å². The molecule has 6 heteroatoms. The standard InChI is InChI=1S/C72H140O6/c1-4-7-10-13-16-19-22-25-28-31-34-35-36-37-39-41-44-47-50-53-56-59-62-65-71(74)77-68-69(67-76-70(73)64-61-58-55-52-49-46-43-40-33-30-27-24-21-18-15-12-9-6-3)78-72(75)66-63-60-57-54-51-48-45-42-38-32-29-26-23-20-17-14-11-8-5-2/h69H,4-68H2,1-3H3. The Morgan fingerprint density at radius 1 is 0.205 bits per heavy atom. The van der Waals surface area contributed by atoms with Crippen LogP contribution in [-0.2, 0) is 28.6 Å². The Morgan fingerprint density at radius 2 is 0.346 bits per heavy atom. The number of ether oxygens (including phenoxy) is 3. The smallest absolute Gasteiger partial charge is 0.306 e. The van der Waals surface area contributed by atoms with Gasteiger partial charge in [0.2, 0.25) is 0 Å². The van der Waals surface area contributed by atoms with Gasteiger partial charge in [-0.05, 0) is 19.3 Å². The molecule has 0 amide bonds. The molecule has 0 rings (SSSR count). The molecular weight excluding hydrogens is 961 g/mol. The highest BCUT2D eigenvalue weighted by Crippen LogP contribution is 2.20. The quantitative estimate of drug-likeness (QED) is 0.0343. The second kappa shape index (κ2) is 67.9. The van der Waals surface area contributed by atoms with Crippen LogP contribution in [0.4, 0.5) is 0 Å². The first kappa shape index (κ1) is 76.4. The number of hydrogen-bond donors (Lipinski definition) is 0. The first-order valence-electron chi connectivity index (χ1n) is 36.0. The van der Waals surface area contributed by atoms with Crippen molar-refractivity contribution in [2.45, 2.75) is 431 Å². The normalized spacial score (nSPS) is 11.9. The first-order valence-corrected chi connectivity index (χ1v) is 36.0. The van der Waals surface area contributed by atoms with Gasteiger partial charge in [-0.1, -0.05) is 387 Å². The Labute approximate surface area is 488 Å². The largest absolute Gasteiger partial charge is 0.462 e. The number of carbonyl (C=O) groups is 3. The Bertz CT molecular complexity index is 1170. The van der Waals surface area contributed by atoms with Crippen molar-refractivity contribution in [3.63, 3.8) is 0 Å². The van der Waals surface area contributed by atoms with Crippen LogP contribution < -0.4 is 0 Å². The van der Waals surface area contributed by atoms with Gasteiger partial charge in [0.1, 0.15) is 13.2 Å². The van der Waals surface area contributed by atoms with E-state index < -0.39 is 6.10 Å². The van der Waals surface area contributed by atoms with Crippen LogP contribution in [-0.4, -0.2) is 37.2 Å². The molecule has 0 aliphatic carbocycles. The van der Waals surface area contributed by atoms with E-state index in [1.807, 2.05) is 0 Å². The van der Waals surface area contributed by atoms with Crippen molar-refractivity contribution >= 4 is 17.9 Å². The van der Waals surface area contributed by atoms with Crippen LogP contribution in [0.2, 0.25) is 0 Å². The molecule has 0 aliphatic heterocycles. The molecule has 0 aromatic heterocycles. The number of rotatable bonds is 68. The summed E-state index contributed by atoms with van der Waals surface area (Å²) >= 11 is 0. The van der Waals surface area contributed by atoms with Gasteiger partial charge in [0, 0.05) is 19.3 Å². The fraction of sp³-hybridized carbons (Fsp3) is 0.958. The predicted octanol–water partition coefficient (Wildman–Crippen LogP) is 24.6. The molecular formula is C72H140O6. The fourth-order valence-electron chi connectivity index (χ4n) is 11.5. The molecule has 0 fully saturated rings. The van der Waals surface area contributed by atoms with Gasteiger partial charge in [-0.2, -0.15) is 0 Å². The molecule has 0 N–H and O–H groups in total. The summed E-state index contributed by atoms with van der Waals surface area (Å²) in [6, 6.07) is 0. The van der Waals surface area contributed by atoms with E-state index >= 15 is 0 Å². The average Bonchev–Trinajstić information content (AvgIpc) is 3.44. The third-order valence-electron chi connectivity index (χ3n) is 16.9. The maximum Gasteiger partial charge on any atom is 0.306 e. The molecule has 1 unspecified atom stereocenters. The summed E-state index contributed by atoms with van der Waals surface area (Å²) in [7, 11) is 0. The zero-order chi connectivity index (χ0) is 56.4. The van der Waals surface area contributed by atoms with Crippen molar-refractivity contribution in [3.05, 3.63) is 0 Å². The second-order valence-electron chi connectivity index (χ2n) is 24.9. The summed E-state index contributed by atoms with van der Waals surface area (Å²) in [6.45, 7) is 6.75. The molecule has 0 aromatic rings. The van der Waals surface area contributed by atoms with Crippen molar-refractivity contribution in [2.24, 2.45) is 0 Å². The lowest BCUT2D eigenvalue weighted by Crippen LogP contribution is -2.30. The molecule has 0 bridgehead atoms. The van der Waals surface area contributed by atoms with Crippen LogP contribution in [0.5, 0.6) is 0 Å². The summed E-state index contributed by atoms with van der Waals surface area (Å²) in [6.07, 6.45) is 79.9. The van der Waals surface area contributed by atoms with Gasteiger partial charge in [0.15, 0.2) is 6.10 Å². The van der Waals surface area contributed by atoms with Crippen LogP contribution in [0.25, 0.3) is 0 Å². The van der Waals surface area contributed by atoms with E-state index in [0.717, 1.165) is 57.8 Å². The minimum Gasteiger partial charge on any atom is -0.462 e. The molecule has 464 valence electrons. The van der Waals surface area contributed by atoms with Crippen molar-refractivity contribution in [3.8, 4) is 0 Å². The van der Waals surface area contributed by atoms with Gasteiger partial charge >= 0.3 is 17.9 Å². The van der Waals surface area contributed by atoms with Crippen molar-refractivity contribution in [2.75, 3.05) is 13.2 Å². The Kier molecular flexibility index (Phi) is 66.5. The highest BCUT2D eigenvalue weighted by molar-refractivity contribution is 5.71. The summed E-state index contributed by atoms with van der Waals surface area (Å²) < 4.78 is 17.0. The maximum atomic E-state index is 13.0. The third kappa shape index (κ3) is 65.2. The molecule has 0 saturated heterocycles. The molecule has 0 spiro atoms. The van der Waals surface area contributed by atoms with Gasteiger partial charge in [0.25, 0.3) is 0 Å². The van der Waals surface area contributed by atoms with Gasteiger partial charge in [0.05, 0.1) is 0 Å². The van der Waals surface area contributed by atoms with E-state index in [1.165, 1.54) is 327 Å². The number of esters is 3. The zero-order valence-corrected chi connectivity index (χ0v) is 53.5. The van der Waals surface area contributed by atoms with Crippen LogP contribution in [0.1, 0.15) is 425 Å². The number of carbonyl (C=O) groups excluding carboxylic acids is 3. The minimum atomic E-state index is -0.764. The Hall–Kier alpha value is -1.59. The molecule has 6 nitrogen and oxygen atoms in total. The Morgan fingerprint density at radius 3 is 0.513 bits per heavy atom. The van der Waals surface area contributed by atoms with Crippen molar-refractivity contribution in [1.82, 2.24) is 0 Å². The van der Waals surface area contributed by atoms with Gasteiger partial charge in [-0.3, -0.25) is 14.4 Å². The van der Waals surface area contributed by atoms with Crippen molar-refractivity contribution < 1.29 is 28.6 Å². The van der Waals surface area contributed by atoms with Crippen LogP contribution in [0, 0.1) is 0 Å². The lowest BCUT2D eigenvalue weighted by Gasteiger charge is -2.18. The second-order valence-corrected chi connectivity index (χ2v) is 24.9. The van der Waals surface area contributed by atoms with Gasteiger partial charge < -0.3 is 14.2 Å². The third-order valence-corrected chi connectivity index (χ3v) is 16.9. The van der Waals surface area contributed by atoms with Crippen LogP contribution in [0.3, 0.4) is 0 Å². The summed E-state index contributed by atoms with van der Waals surface area (Å²) in [5, 5.41) is 0. The van der Waals surface area contributed by atoms with E-state index in [9.17, 15) is 14.4 Å². The SMILES string of the molecule is CCCCCCCCCCCCCCCCCCCCCCCCCC(=O)OCC(COC(=O)CCCCCCCCCCCCCCCCCCCC)OC(=O)CCCCCCCCCCCCCCCCCCCCC. The molecule has 0 radical (unpaired) electrons. The monoisotopic (exact) mass is 1100 g/mol. The van der Waals surface area contributed by atoms with Crippen molar-refractivity contribution in [1.29, 1.82) is 0 Å².